The van der Waals surface area contributed by atoms with E-state index >= 15 is 0 Å². The van der Waals surface area contributed by atoms with Crippen molar-refractivity contribution in [1.29, 1.82) is 0 Å². The van der Waals surface area contributed by atoms with Crippen molar-refractivity contribution in [3.63, 3.8) is 0 Å². The average molecular weight is 751 g/mol. The highest BCUT2D eigenvalue weighted by molar-refractivity contribution is 5.87. The Morgan fingerprint density at radius 2 is 1.30 bits per heavy atom. The van der Waals surface area contributed by atoms with Gasteiger partial charge in [-0.05, 0) is 114 Å². The molecule has 4 amide bonds. The second kappa shape index (κ2) is 18.8. The summed E-state index contributed by atoms with van der Waals surface area (Å²) in [5, 5.41) is 11.9. The van der Waals surface area contributed by atoms with E-state index in [1.54, 1.807) is 20.8 Å². The molecule has 304 valence electrons. The first kappa shape index (κ1) is 45.8. The summed E-state index contributed by atoms with van der Waals surface area (Å²) in [6.07, 6.45) is 6.64. The molecular formula is C40H70N4O9. The van der Waals surface area contributed by atoms with Crippen LogP contribution in [0.3, 0.4) is 0 Å². The highest BCUT2D eigenvalue weighted by Crippen LogP contribution is 2.47. The van der Waals surface area contributed by atoms with E-state index in [4.69, 9.17) is 18.9 Å². The highest BCUT2D eigenvalue weighted by Gasteiger charge is 2.44. The van der Waals surface area contributed by atoms with E-state index in [1.165, 1.54) is 0 Å². The molecule has 4 N–H and O–H groups in total. The van der Waals surface area contributed by atoms with E-state index in [0.717, 1.165) is 44.9 Å². The third kappa shape index (κ3) is 16.7. The van der Waals surface area contributed by atoms with Crippen LogP contribution in [0.5, 0.6) is 0 Å². The Morgan fingerprint density at radius 1 is 0.755 bits per heavy atom. The highest BCUT2D eigenvalue weighted by atomic mass is 16.6. The Balaban J connectivity index is 1.78. The largest absolute Gasteiger partial charge is 0.459 e. The summed E-state index contributed by atoms with van der Waals surface area (Å²) in [7, 11) is 0. The second-order valence-corrected chi connectivity index (χ2v) is 19.0. The van der Waals surface area contributed by atoms with Crippen LogP contribution in [-0.4, -0.2) is 86.7 Å². The lowest BCUT2D eigenvalue weighted by atomic mass is 9.62. The molecule has 2 saturated carbocycles. The molecule has 0 aromatic heterocycles. The number of alkyl carbamates (subject to hydrolysis) is 2. The Hall–Kier alpha value is -3.35. The van der Waals surface area contributed by atoms with Crippen LogP contribution in [0, 0.1) is 21.7 Å². The fourth-order valence-electron chi connectivity index (χ4n) is 8.66. The lowest BCUT2D eigenvalue weighted by Gasteiger charge is -2.47. The third-order valence-corrected chi connectivity index (χ3v) is 10.3. The number of esters is 1. The molecule has 2 rings (SSSR count). The lowest BCUT2D eigenvalue weighted by Crippen LogP contribution is -2.54. The van der Waals surface area contributed by atoms with Crippen molar-refractivity contribution in [2.24, 2.45) is 21.7 Å². The van der Waals surface area contributed by atoms with Gasteiger partial charge in [0.15, 0.2) is 0 Å². The summed E-state index contributed by atoms with van der Waals surface area (Å²) in [6.45, 7) is 26.5. The molecule has 13 nitrogen and oxygen atoms in total. The molecule has 2 aliphatic carbocycles. The minimum absolute atomic E-state index is 0.0189. The molecule has 13 heteroatoms. The Morgan fingerprint density at radius 3 is 1.87 bits per heavy atom. The number of rotatable bonds is 19. The summed E-state index contributed by atoms with van der Waals surface area (Å²) in [5.74, 6) is -0.723. The maximum atomic E-state index is 13.4. The molecule has 0 bridgehead atoms. The molecule has 53 heavy (non-hydrogen) atoms. The van der Waals surface area contributed by atoms with Crippen LogP contribution in [0.4, 0.5) is 9.59 Å². The normalized spacial score (nSPS) is 25.3. The van der Waals surface area contributed by atoms with Gasteiger partial charge in [0.25, 0.3) is 5.91 Å². The standard InChI is InChI=1S/C40H70N4O9/c1-28(2)31(46)50-17-18-51-33(48)42-26-40(12)21-29(19-35(3,4)24-40)43-32(47)38(9,10)52-16-14-13-15-37(7,8)53-34(49)44-30-20-36(5,6)23-39(11,22-30)25-41-27-45/h27,29-30H,1,13-26H2,2-12H3,(H,41,45)(H,42,48)(H,43,47)(H,44,49). The van der Waals surface area contributed by atoms with E-state index in [9.17, 15) is 24.0 Å². The van der Waals surface area contributed by atoms with E-state index in [0.29, 0.717) is 39.0 Å². The Labute approximate surface area is 318 Å². The van der Waals surface area contributed by atoms with E-state index in [1.807, 2.05) is 13.8 Å². The van der Waals surface area contributed by atoms with Gasteiger partial charge >= 0.3 is 18.2 Å². The maximum absolute atomic E-state index is 13.4. The predicted molar refractivity (Wildman–Crippen MR) is 204 cm³/mol. The van der Waals surface area contributed by atoms with E-state index in [2.05, 4.69) is 69.4 Å². The molecule has 0 aromatic carbocycles. The summed E-state index contributed by atoms with van der Waals surface area (Å²) in [4.78, 5) is 61.1. The maximum Gasteiger partial charge on any atom is 0.407 e. The Kier molecular flexibility index (Phi) is 16.2. The molecule has 2 aliphatic rings. The summed E-state index contributed by atoms with van der Waals surface area (Å²) < 4.78 is 22.1. The lowest BCUT2D eigenvalue weighted by molar-refractivity contribution is -0.144. The number of ether oxygens (including phenoxy) is 4. The molecule has 4 unspecified atom stereocenters. The van der Waals surface area contributed by atoms with Gasteiger partial charge in [-0.25, -0.2) is 14.4 Å². The SMILES string of the molecule is C=C(C)C(=O)OCCOC(=O)NCC1(C)CC(NC(=O)C(C)(C)OCCCCC(C)(C)OC(=O)NC2CC(C)(C)CC(C)(CNC=O)C2)CC(C)(C)C1. The van der Waals surface area contributed by atoms with Crippen molar-refractivity contribution >= 4 is 30.5 Å². The molecule has 4 atom stereocenters. The van der Waals surface area contributed by atoms with Crippen LogP contribution in [0.2, 0.25) is 0 Å². The smallest absolute Gasteiger partial charge is 0.407 e. The van der Waals surface area contributed by atoms with Crippen LogP contribution in [-0.2, 0) is 33.3 Å². The van der Waals surface area contributed by atoms with Gasteiger partial charge in [0, 0.05) is 37.4 Å². The molecule has 0 spiro atoms. The first-order valence-corrected chi connectivity index (χ1v) is 19.1. The van der Waals surface area contributed by atoms with Crippen molar-refractivity contribution < 1.29 is 42.9 Å². The topological polar surface area (TPSA) is 170 Å². The zero-order valence-electron chi connectivity index (χ0n) is 34.5. The zero-order valence-corrected chi connectivity index (χ0v) is 34.5. The first-order chi connectivity index (χ1) is 24.3. The summed E-state index contributed by atoms with van der Waals surface area (Å²) >= 11 is 0. The molecule has 0 aliphatic heterocycles. The number of carbonyl (C=O) groups excluding carboxylic acids is 5. The van der Waals surface area contributed by atoms with Gasteiger partial charge in [0.05, 0.1) is 0 Å². The fourth-order valence-corrected chi connectivity index (χ4v) is 8.66. The van der Waals surface area contributed by atoms with Gasteiger partial charge < -0.3 is 40.2 Å². The minimum atomic E-state index is -1.05. The van der Waals surface area contributed by atoms with Crippen LogP contribution < -0.4 is 21.3 Å². The van der Waals surface area contributed by atoms with Gasteiger partial charge in [0.2, 0.25) is 6.41 Å². The van der Waals surface area contributed by atoms with Crippen molar-refractivity contribution in [1.82, 2.24) is 21.3 Å². The van der Waals surface area contributed by atoms with Gasteiger partial charge in [-0.3, -0.25) is 9.59 Å². The fraction of sp³-hybridized carbons (Fsp3) is 0.825. The predicted octanol–water partition coefficient (Wildman–Crippen LogP) is 6.33. The number of unbranched alkanes of at least 4 members (excludes halogenated alkanes) is 1. The first-order valence-electron chi connectivity index (χ1n) is 19.1. The number of amides is 4. The minimum Gasteiger partial charge on any atom is -0.459 e. The average Bonchev–Trinajstić information content (AvgIpc) is 2.98. The number of hydrogen-bond donors (Lipinski definition) is 4. The zero-order chi connectivity index (χ0) is 40.3. The van der Waals surface area contributed by atoms with Gasteiger partial charge in [-0.15, -0.1) is 0 Å². The third-order valence-electron chi connectivity index (χ3n) is 10.3. The molecular weight excluding hydrogens is 680 g/mol. The van der Waals surface area contributed by atoms with Crippen molar-refractivity contribution in [3.8, 4) is 0 Å². The molecule has 0 heterocycles. The summed E-state index contributed by atoms with van der Waals surface area (Å²) in [5.41, 5.74) is -1.92. The van der Waals surface area contributed by atoms with Gasteiger partial charge in [0.1, 0.15) is 24.4 Å². The molecule has 0 aromatic rings. The quantitative estimate of drug-likeness (QED) is 0.0387. The van der Waals surface area contributed by atoms with Crippen LogP contribution >= 0.6 is 0 Å². The van der Waals surface area contributed by atoms with Crippen molar-refractivity contribution in [2.75, 3.05) is 32.9 Å². The van der Waals surface area contributed by atoms with Crippen LogP contribution in [0.25, 0.3) is 0 Å². The van der Waals surface area contributed by atoms with E-state index in [-0.39, 0.29) is 58.4 Å². The summed E-state index contributed by atoms with van der Waals surface area (Å²) in [6, 6.07) is -0.155. The van der Waals surface area contributed by atoms with Gasteiger partial charge in [-0.2, -0.15) is 0 Å². The molecule has 0 radical (unpaired) electrons. The number of hydrogen-bond acceptors (Lipinski definition) is 9. The van der Waals surface area contributed by atoms with Crippen LogP contribution in [0.15, 0.2) is 12.2 Å². The van der Waals surface area contributed by atoms with E-state index < -0.39 is 29.4 Å². The van der Waals surface area contributed by atoms with Gasteiger partial charge in [-0.1, -0.05) is 48.1 Å². The number of nitrogens with one attached hydrogen (secondary N) is 4. The Bertz CT molecular complexity index is 1300. The van der Waals surface area contributed by atoms with Crippen molar-refractivity contribution in [2.45, 2.75) is 157 Å². The number of carbonyl (C=O) groups is 5. The molecule has 2 fully saturated rings. The monoisotopic (exact) mass is 751 g/mol. The van der Waals surface area contributed by atoms with Crippen LogP contribution in [0.1, 0.15) is 134 Å². The second-order valence-electron chi connectivity index (χ2n) is 19.0. The van der Waals surface area contributed by atoms with Crippen molar-refractivity contribution in [3.05, 3.63) is 12.2 Å². The molecule has 0 saturated heterocycles.